The van der Waals surface area contributed by atoms with Gasteiger partial charge in [-0.1, -0.05) is 18.2 Å². The minimum absolute atomic E-state index is 0.323. The van der Waals surface area contributed by atoms with E-state index in [2.05, 4.69) is 5.43 Å². The van der Waals surface area contributed by atoms with E-state index in [1.165, 1.54) is 0 Å². The molecule has 2 aromatic carbocycles. The fourth-order valence-electron chi connectivity index (χ4n) is 3.22. The number of carbonyl (C=O) groups is 3. The smallest absolute Gasteiger partial charge is 0.268 e. The van der Waals surface area contributed by atoms with Gasteiger partial charge < -0.3 is 0 Å². The molecule has 0 atom stereocenters. The summed E-state index contributed by atoms with van der Waals surface area (Å²) in [5.41, 5.74) is 6.09. The average molecular weight is 359 g/mol. The van der Waals surface area contributed by atoms with Crippen molar-refractivity contribution in [2.45, 2.75) is 13.8 Å². The van der Waals surface area contributed by atoms with Crippen LogP contribution in [0.15, 0.2) is 60.7 Å². The van der Waals surface area contributed by atoms with E-state index in [-0.39, 0.29) is 17.7 Å². The molecule has 0 unspecified atom stereocenters. The number of amides is 3. The first-order valence-corrected chi connectivity index (χ1v) is 8.51. The number of aryl methyl sites for hydroxylation is 2. The normalized spacial score (nSPS) is 13.0. The summed E-state index contributed by atoms with van der Waals surface area (Å²) < 4.78 is 1.69. The Morgan fingerprint density at radius 3 is 2.00 bits per heavy atom. The second kappa shape index (κ2) is 6.25. The van der Waals surface area contributed by atoms with Crippen LogP contribution in [0.3, 0.4) is 0 Å². The Bertz CT molecular complexity index is 1040. The van der Waals surface area contributed by atoms with E-state index in [1.807, 2.05) is 26.0 Å². The van der Waals surface area contributed by atoms with Crippen LogP contribution in [0.2, 0.25) is 0 Å². The van der Waals surface area contributed by atoms with Crippen LogP contribution in [-0.4, -0.2) is 22.4 Å². The third kappa shape index (κ3) is 2.71. The summed E-state index contributed by atoms with van der Waals surface area (Å²) >= 11 is 0. The van der Waals surface area contributed by atoms with Crippen molar-refractivity contribution >= 4 is 23.4 Å². The maximum atomic E-state index is 12.6. The standard InChI is InChI=1S/C21H17N3O3/c1-13-10-11-14(2)24(13)22-19(25)15-6-5-7-16(12-15)23-20(26)17-8-3-4-9-18(17)21(23)27/h3-12H,1-2H3,(H,22,25). The molecule has 6 nitrogen and oxygen atoms in total. The molecule has 0 saturated carbocycles. The highest BCUT2D eigenvalue weighted by atomic mass is 16.2. The SMILES string of the molecule is Cc1ccc(C)n1NC(=O)c1cccc(N2C(=O)c3ccccc3C2=O)c1. The molecule has 134 valence electrons. The molecule has 1 aliphatic heterocycles. The van der Waals surface area contributed by atoms with Gasteiger partial charge in [0.1, 0.15) is 0 Å². The van der Waals surface area contributed by atoms with E-state index in [1.54, 1.807) is 53.2 Å². The number of aromatic nitrogens is 1. The molecule has 2 heterocycles. The van der Waals surface area contributed by atoms with Crippen molar-refractivity contribution < 1.29 is 14.4 Å². The van der Waals surface area contributed by atoms with Gasteiger partial charge in [-0.25, -0.2) is 4.90 Å². The molecule has 0 radical (unpaired) electrons. The number of fused-ring (bicyclic) bond motifs is 1. The van der Waals surface area contributed by atoms with Gasteiger partial charge >= 0.3 is 0 Å². The van der Waals surface area contributed by atoms with Crippen molar-refractivity contribution in [3.63, 3.8) is 0 Å². The molecule has 1 aliphatic rings. The lowest BCUT2D eigenvalue weighted by atomic mass is 10.1. The first-order valence-electron chi connectivity index (χ1n) is 8.51. The van der Waals surface area contributed by atoms with Crippen molar-refractivity contribution in [1.29, 1.82) is 0 Å². The molecule has 1 aromatic heterocycles. The van der Waals surface area contributed by atoms with Crippen molar-refractivity contribution in [3.8, 4) is 0 Å². The Labute approximate surface area is 156 Å². The molecule has 4 rings (SSSR count). The molecule has 27 heavy (non-hydrogen) atoms. The number of hydrogen-bond acceptors (Lipinski definition) is 3. The molecule has 3 aromatic rings. The Morgan fingerprint density at radius 1 is 0.815 bits per heavy atom. The van der Waals surface area contributed by atoms with Gasteiger partial charge in [-0.05, 0) is 56.3 Å². The quantitative estimate of drug-likeness (QED) is 0.730. The number of benzene rings is 2. The minimum atomic E-state index is -0.384. The van der Waals surface area contributed by atoms with Crippen LogP contribution >= 0.6 is 0 Å². The van der Waals surface area contributed by atoms with Crippen LogP contribution in [0, 0.1) is 13.8 Å². The van der Waals surface area contributed by atoms with Gasteiger partial charge in [0.2, 0.25) is 0 Å². The lowest BCUT2D eigenvalue weighted by Gasteiger charge is -2.16. The highest BCUT2D eigenvalue weighted by Crippen LogP contribution is 2.28. The summed E-state index contributed by atoms with van der Waals surface area (Å²) in [4.78, 5) is 39.0. The number of rotatable bonds is 3. The number of anilines is 1. The van der Waals surface area contributed by atoms with E-state index in [4.69, 9.17) is 0 Å². The van der Waals surface area contributed by atoms with E-state index in [0.29, 0.717) is 22.4 Å². The highest BCUT2D eigenvalue weighted by molar-refractivity contribution is 6.34. The summed E-state index contributed by atoms with van der Waals surface area (Å²) in [6.45, 7) is 3.78. The van der Waals surface area contributed by atoms with Crippen LogP contribution in [0.1, 0.15) is 42.5 Å². The van der Waals surface area contributed by atoms with Gasteiger partial charge in [0.15, 0.2) is 0 Å². The molecule has 1 N–H and O–H groups in total. The van der Waals surface area contributed by atoms with Gasteiger partial charge in [0.05, 0.1) is 16.8 Å². The topological polar surface area (TPSA) is 71.4 Å². The monoisotopic (exact) mass is 359 g/mol. The minimum Gasteiger partial charge on any atom is -0.268 e. The second-order valence-corrected chi connectivity index (χ2v) is 6.43. The Balaban J connectivity index is 1.65. The number of nitrogens with one attached hydrogen (secondary N) is 1. The maximum Gasteiger partial charge on any atom is 0.270 e. The van der Waals surface area contributed by atoms with Gasteiger partial charge in [-0.3, -0.25) is 24.5 Å². The van der Waals surface area contributed by atoms with Gasteiger partial charge in [-0.15, -0.1) is 0 Å². The average Bonchev–Trinajstić information content (AvgIpc) is 3.13. The molecule has 0 aliphatic carbocycles. The zero-order chi connectivity index (χ0) is 19.1. The lowest BCUT2D eigenvalue weighted by Crippen LogP contribution is -2.30. The lowest BCUT2D eigenvalue weighted by molar-refractivity contribution is 0.0923. The second-order valence-electron chi connectivity index (χ2n) is 6.43. The zero-order valence-corrected chi connectivity index (χ0v) is 14.9. The zero-order valence-electron chi connectivity index (χ0n) is 14.9. The van der Waals surface area contributed by atoms with Crippen molar-refractivity contribution in [1.82, 2.24) is 4.68 Å². The molecule has 0 spiro atoms. The fraction of sp³-hybridized carbons (Fsp3) is 0.0952. The van der Waals surface area contributed by atoms with E-state index < -0.39 is 0 Å². The predicted molar refractivity (Wildman–Crippen MR) is 102 cm³/mol. The van der Waals surface area contributed by atoms with Gasteiger partial charge in [-0.2, -0.15) is 0 Å². The van der Waals surface area contributed by atoms with Gasteiger partial charge in [0.25, 0.3) is 17.7 Å². The van der Waals surface area contributed by atoms with Crippen molar-refractivity contribution in [2.75, 3.05) is 10.3 Å². The Morgan fingerprint density at radius 2 is 1.41 bits per heavy atom. The predicted octanol–water partition coefficient (Wildman–Crippen LogP) is 3.29. The number of imide groups is 1. The summed E-state index contributed by atoms with van der Waals surface area (Å²) in [5, 5.41) is 0. The third-order valence-electron chi connectivity index (χ3n) is 4.65. The molecule has 0 fully saturated rings. The van der Waals surface area contributed by atoms with Gasteiger partial charge in [0, 0.05) is 17.0 Å². The van der Waals surface area contributed by atoms with Crippen molar-refractivity contribution in [2.24, 2.45) is 0 Å². The van der Waals surface area contributed by atoms with E-state index in [9.17, 15) is 14.4 Å². The molecular weight excluding hydrogens is 342 g/mol. The van der Waals surface area contributed by atoms with Crippen LogP contribution in [0.5, 0.6) is 0 Å². The molecule has 6 heteroatoms. The summed E-state index contributed by atoms with van der Waals surface area (Å²) in [5.74, 6) is -1.09. The van der Waals surface area contributed by atoms with Crippen LogP contribution < -0.4 is 10.3 Å². The largest absolute Gasteiger partial charge is 0.270 e. The molecule has 3 amide bonds. The first kappa shape index (κ1) is 16.8. The molecule has 0 bridgehead atoms. The first-order chi connectivity index (χ1) is 13.0. The van der Waals surface area contributed by atoms with E-state index in [0.717, 1.165) is 16.3 Å². The van der Waals surface area contributed by atoms with Crippen LogP contribution in [0.4, 0.5) is 5.69 Å². The highest BCUT2D eigenvalue weighted by Gasteiger charge is 2.36. The fourth-order valence-corrected chi connectivity index (χ4v) is 3.22. The maximum absolute atomic E-state index is 12.6. The number of carbonyl (C=O) groups excluding carboxylic acids is 3. The Hall–Kier alpha value is -3.67. The van der Waals surface area contributed by atoms with E-state index >= 15 is 0 Å². The number of hydrogen-bond donors (Lipinski definition) is 1. The van der Waals surface area contributed by atoms with Crippen LogP contribution in [0.25, 0.3) is 0 Å². The third-order valence-corrected chi connectivity index (χ3v) is 4.65. The Kier molecular flexibility index (Phi) is 3.88. The molecular formula is C21H17N3O3. The summed E-state index contributed by atoms with van der Waals surface area (Å²) in [6, 6.07) is 17.0. The van der Waals surface area contributed by atoms with Crippen molar-refractivity contribution in [3.05, 3.63) is 88.7 Å². The number of nitrogens with zero attached hydrogens (tertiary/aromatic N) is 2. The molecule has 0 saturated heterocycles. The van der Waals surface area contributed by atoms with Crippen LogP contribution in [-0.2, 0) is 0 Å². The summed E-state index contributed by atoms with van der Waals surface area (Å²) in [6.07, 6.45) is 0. The summed E-state index contributed by atoms with van der Waals surface area (Å²) in [7, 11) is 0.